The Morgan fingerprint density at radius 3 is 2.48 bits per heavy atom. The molecular weight excluding hydrogens is 286 g/mol. The summed E-state index contributed by atoms with van der Waals surface area (Å²) in [4.78, 5) is 24.5. The molecule has 1 amide bonds. The van der Waals surface area contributed by atoms with Crippen molar-refractivity contribution >= 4 is 23.6 Å². The quantitative estimate of drug-likeness (QED) is 0.620. The number of nitrogens with one attached hydrogen (secondary N) is 1. The van der Waals surface area contributed by atoms with Gasteiger partial charge in [-0.3, -0.25) is 9.59 Å². The zero-order valence-electron chi connectivity index (χ0n) is 13.0. The van der Waals surface area contributed by atoms with E-state index in [9.17, 15) is 9.59 Å². The molecule has 0 aliphatic heterocycles. The molecule has 0 aliphatic rings. The summed E-state index contributed by atoms with van der Waals surface area (Å²) in [5.41, 5.74) is 0.647. The lowest BCUT2D eigenvalue weighted by atomic mass is 10.2. The van der Waals surface area contributed by atoms with Crippen LogP contribution in [0.2, 0.25) is 0 Å². The topological polar surface area (TPSA) is 55.4 Å². The zero-order chi connectivity index (χ0) is 15.8. The van der Waals surface area contributed by atoms with Crippen LogP contribution in [0, 0.1) is 0 Å². The van der Waals surface area contributed by atoms with Crippen LogP contribution in [-0.2, 0) is 9.53 Å². The van der Waals surface area contributed by atoms with Gasteiger partial charge in [0.25, 0.3) is 5.91 Å². The lowest BCUT2D eigenvalue weighted by Crippen LogP contribution is -2.27. The van der Waals surface area contributed by atoms with Crippen LogP contribution in [0.25, 0.3) is 0 Å². The third kappa shape index (κ3) is 6.67. The van der Waals surface area contributed by atoms with Gasteiger partial charge >= 0.3 is 5.97 Å². The van der Waals surface area contributed by atoms with Crippen molar-refractivity contribution in [2.75, 3.05) is 6.54 Å². The number of esters is 1. The van der Waals surface area contributed by atoms with Crippen molar-refractivity contribution in [3.63, 3.8) is 0 Å². The molecular formula is C16H23NO3S. The Hall–Kier alpha value is -1.49. The minimum atomic E-state index is -0.296. The van der Waals surface area contributed by atoms with Crippen molar-refractivity contribution in [2.24, 2.45) is 0 Å². The SMILES string of the molecule is CC(C)OC(=O)CCNC(=O)c1ccccc1SC(C)C. The fourth-order valence-corrected chi connectivity index (χ4v) is 2.66. The minimum Gasteiger partial charge on any atom is -0.463 e. The Morgan fingerprint density at radius 2 is 1.86 bits per heavy atom. The summed E-state index contributed by atoms with van der Waals surface area (Å²) in [6.07, 6.45) is 0.0556. The van der Waals surface area contributed by atoms with Crippen molar-refractivity contribution in [3.8, 4) is 0 Å². The molecule has 0 saturated carbocycles. The first-order valence-electron chi connectivity index (χ1n) is 7.13. The summed E-state index contributed by atoms with van der Waals surface area (Å²) < 4.78 is 5.02. The van der Waals surface area contributed by atoms with Gasteiger partial charge in [-0.2, -0.15) is 0 Å². The molecule has 0 bridgehead atoms. The Labute approximate surface area is 130 Å². The minimum absolute atomic E-state index is 0.128. The number of carbonyl (C=O) groups is 2. The number of thioether (sulfide) groups is 1. The Morgan fingerprint density at radius 1 is 1.19 bits per heavy atom. The summed E-state index contributed by atoms with van der Waals surface area (Å²) in [5.74, 6) is -0.453. The van der Waals surface area contributed by atoms with E-state index in [-0.39, 0.29) is 30.9 Å². The maximum atomic E-state index is 12.2. The molecule has 1 aromatic carbocycles. The third-order valence-corrected chi connectivity index (χ3v) is 3.56. The van der Waals surface area contributed by atoms with Crippen LogP contribution >= 0.6 is 11.8 Å². The van der Waals surface area contributed by atoms with Crippen LogP contribution in [-0.4, -0.2) is 29.8 Å². The van der Waals surface area contributed by atoms with E-state index < -0.39 is 0 Å². The van der Waals surface area contributed by atoms with Gasteiger partial charge in [0.05, 0.1) is 18.1 Å². The number of carbonyl (C=O) groups excluding carboxylic acids is 2. The maximum Gasteiger partial charge on any atom is 0.307 e. The average Bonchev–Trinajstić information content (AvgIpc) is 2.37. The molecule has 0 heterocycles. The van der Waals surface area contributed by atoms with Crippen LogP contribution in [0.4, 0.5) is 0 Å². The molecule has 116 valence electrons. The van der Waals surface area contributed by atoms with Gasteiger partial charge in [-0.25, -0.2) is 0 Å². The lowest BCUT2D eigenvalue weighted by Gasteiger charge is -2.12. The van der Waals surface area contributed by atoms with Crippen molar-refractivity contribution in [1.82, 2.24) is 5.32 Å². The van der Waals surface area contributed by atoms with E-state index in [1.54, 1.807) is 31.7 Å². The first-order chi connectivity index (χ1) is 9.90. The third-order valence-electron chi connectivity index (χ3n) is 2.48. The highest BCUT2D eigenvalue weighted by atomic mass is 32.2. The van der Waals surface area contributed by atoms with E-state index >= 15 is 0 Å². The van der Waals surface area contributed by atoms with Gasteiger partial charge in [0.15, 0.2) is 0 Å². The van der Waals surface area contributed by atoms with E-state index in [0.29, 0.717) is 10.8 Å². The van der Waals surface area contributed by atoms with Crippen molar-refractivity contribution < 1.29 is 14.3 Å². The first kappa shape index (κ1) is 17.6. The second kappa shape index (κ2) is 8.72. The number of amides is 1. The smallest absolute Gasteiger partial charge is 0.307 e. The number of rotatable bonds is 7. The highest BCUT2D eigenvalue weighted by Crippen LogP contribution is 2.26. The number of benzene rings is 1. The molecule has 0 radical (unpaired) electrons. The molecule has 0 atom stereocenters. The van der Waals surface area contributed by atoms with Crippen LogP contribution in [0.1, 0.15) is 44.5 Å². The number of ether oxygens (including phenoxy) is 1. The highest BCUT2D eigenvalue weighted by Gasteiger charge is 2.13. The fraction of sp³-hybridized carbons (Fsp3) is 0.500. The van der Waals surface area contributed by atoms with Gasteiger partial charge in [0.1, 0.15) is 0 Å². The maximum absolute atomic E-state index is 12.2. The standard InChI is InChI=1S/C16H23NO3S/c1-11(2)20-15(18)9-10-17-16(19)13-7-5-6-8-14(13)21-12(3)4/h5-8,11-12H,9-10H2,1-4H3,(H,17,19). The molecule has 21 heavy (non-hydrogen) atoms. The van der Waals surface area contributed by atoms with E-state index in [2.05, 4.69) is 19.2 Å². The summed E-state index contributed by atoms with van der Waals surface area (Å²) in [5, 5.41) is 3.17. The van der Waals surface area contributed by atoms with Crippen molar-refractivity contribution in [3.05, 3.63) is 29.8 Å². The predicted octanol–water partition coefficient (Wildman–Crippen LogP) is 3.26. The average molecular weight is 309 g/mol. The fourth-order valence-electron chi connectivity index (χ4n) is 1.71. The molecule has 0 spiro atoms. The van der Waals surface area contributed by atoms with Crippen LogP contribution in [0.15, 0.2) is 29.2 Å². The van der Waals surface area contributed by atoms with Crippen molar-refractivity contribution in [1.29, 1.82) is 0 Å². The van der Waals surface area contributed by atoms with Crippen LogP contribution in [0.3, 0.4) is 0 Å². The van der Waals surface area contributed by atoms with Gasteiger partial charge in [0, 0.05) is 16.7 Å². The predicted molar refractivity (Wildman–Crippen MR) is 85.6 cm³/mol. The zero-order valence-corrected chi connectivity index (χ0v) is 13.8. The monoisotopic (exact) mass is 309 g/mol. The van der Waals surface area contributed by atoms with Crippen LogP contribution < -0.4 is 5.32 Å². The molecule has 1 aromatic rings. The molecule has 0 unspecified atom stereocenters. The molecule has 0 aliphatic carbocycles. The largest absolute Gasteiger partial charge is 0.463 e. The summed E-state index contributed by atoms with van der Waals surface area (Å²) in [6, 6.07) is 7.49. The molecule has 0 saturated heterocycles. The van der Waals surface area contributed by atoms with E-state index in [1.165, 1.54) is 0 Å². The van der Waals surface area contributed by atoms with E-state index in [4.69, 9.17) is 4.74 Å². The Kier molecular flexibility index (Phi) is 7.29. The summed E-state index contributed by atoms with van der Waals surface area (Å²) in [7, 11) is 0. The van der Waals surface area contributed by atoms with Gasteiger partial charge < -0.3 is 10.1 Å². The summed E-state index contributed by atoms with van der Waals surface area (Å²) >= 11 is 1.65. The highest BCUT2D eigenvalue weighted by molar-refractivity contribution is 8.00. The van der Waals surface area contributed by atoms with E-state index in [0.717, 1.165) is 4.90 Å². The summed E-state index contributed by atoms with van der Waals surface area (Å²) in [6.45, 7) is 8.05. The van der Waals surface area contributed by atoms with E-state index in [1.807, 2.05) is 18.2 Å². The van der Waals surface area contributed by atoms with Crippen LogP contribution in [0.5, 0.6) is 0 Å². The lowest BCUT2D eigenvalue weighted by molar-refractivity contribution is -0.147. The molecule has 5 heteroatoms. The molecule has 0 aromatic heterocycles. The van der Waals surface area contributed by atoms with Gasteiger partial charge in [-0.15, -0.1) is 11.8 Å². The Balaban J connectivity index is 2.54. The first-order valence-corrected chi connectivity index (χ1v) is 8.01. The van der Waals surface area contributed by atoms with Gasteiger partial charge in [0.2, 0.25) is 0 Å². The normalized spacial score (nSPS) is 10.8. The number of hydrogen-bond donors (Lipinski definition) is 1. The van der Waals surface area contributed by atoms with Crippen molar-refractivity contribution in [2.45, 2.75) is 50.4 Å². The number of hydrogen-bond acceptors (Lipinski definition) is 4. The second-order valence-electron chi connectivity index (χ2n) is 5.21. The Bertz CT molecular complexity index is 486. The molecule has 4 nitrogen and oxygen atoms in total. The molecule has 0 fully saturated rings. The molecule has 1 rings (SSSR count). The molecule has 1 N–H and O–H groups in total. The van der Waals surface area contributed by atoms with Gasteiger partial charge in [-0.1, -0.05) is 26.0 Å². The second-order valence-corrected chi connectivity index (χ2v) is 6.83. The van der Waals surface area contributed by atoms with Gasteiger partial charge in [-0.05, 0) is 26.0 Å².